The van der Waals surface area contributed by atoms with Gasteiger partial charge in [0.25, 0.3) is 5.91 Å². The zero-order valence-corrected chi connectivity index (χ0v) is 13.2. The second-order valence-electron chi connectivity index (χ2n) is 4.53. The molecule has 0 saturated carbocycles. The monoisotopic (exact) mass is 292 g/mol. The van der Waals surface area contributed by atoms with Crippen molar-refractivity contribution in [2.45, 2.75) is 40.5 Å². The molecule has 5 nitrogen and oxygen atoms in total. The maximum atomic E-state index is 11.5. The molecule has 5 heteroatoms. The lowest BCUT2D eigenvalue weighted by Crippen LogP contribution is -2.26. The number of imide groups is 1. The summed E-state index contributed by atoms with van der Waals surface area (Å²) in [6, 6.07) is 7.61. The van der Waals surface area contributed by atoms with Gasteiger partial charge in [0.05, 0.1) is 0 Å². The molecule has 0 bridgehead atoms. The highest BCUT2D eigenvalue weighted by Gasteiger charge is 2.05. The Morgan fingerprint density at radius 1 is 1.10 bits per heavy atom. The van der Waals surface area contributed by atoms with E-state index >= 15 is 0 Å². The number of hydrogen-bond donors (Lipinski definition) is 2. The van der Waals surface area contributed by atoms with Crippen LogP contribution in [0.2, 0.25) is 0 Å². The van der Waals surface area contributed by atoms with E-state index in [0.717, 1.165) is 24.1 Å². The summed E-state index contributed by atoms with van der Waals surface area (Å²) in [5.41, 5.74) is 1.80. The van der Waals surface area contributed by atoms with Gasteiger partial charge in [0.1, 0.15) is 0 Å². The first-order chi connectivity index (χ1) is 9.92. The van der Waals surface area contributed by atoms with Crippen LogP contribution in [0.4, 0.5) is 0 Å². The molecule has 0 fully saturated rings. The molecule has 0 atom stereocenters. The van der Waals surface area contributed by atoms with E-state index < -0.39 is 0 Å². The first kappa shape index (κ1) is 18.8. The van der Waals surface area contributed by atoms with E-state index in [1.54, 1.807) is 6.92 Å². The molecule has 0 aliphatic heterocycles. The fourth-order valence-electron chi connectivity index (χ4n) is 1.45. The van der Waals surface area contributed by atoms with Crippen LogP contribution in [0, 0.1) is 6.92 Å². The molecule has 1 aromatic rings. The zero-order chi connectivity index (χ0) is 16.3. The van der Waals surface area contributed by atoms with Crippen molar-refractivity contribution in [3.63, 3.8) is 0 Å². The van der Waals surface area contributed by atoms with Crippen LogP contribution in [0.3, 0.4) is 0 Å². The summed E-state index contributed by atoms with van der Waals surface area (Å²) in [6.07, 6.45) is 1.33. The lowest BCUT2D eigenvalue weighted by atomic mass is 10.1. The van der Waals surface area contributed by atoms with Crippen molar-refractivity contribution in [2.24, 2.45) is 0 Å². The Morgan fingerprint density at radius 3 is 2.14 bits per heavy atom. The van der Waals surface area contributed by atoms with Crippen LogP contribution < -0.4 is 10.6 Å². The minimum Gasteiger partial charge on any atom is -0.352 e. The van der Waals surface area contributed by atoms with E-state index in [-0.39, 0.29) is 17.7 Å². The lowest BCUT2D eigenvalue weighted by molar-refractivity contribution is -0.129. The summed E-state index contributed by atoms with van der Waals surface area (Å²) in [4.78, 5) is 31.9. The lowest BCUT2D eigenvalue weighted by Gasteiger charge is -2.05. The molecule has 0 aromatic heterocycles. The van der Waals surface area contributed by atoms with Gasteiger partial charge in [0, 0.05) is 25.5 Å². The molecule has 3 amide bonds. The van der Waals surface area contributed by atoms with Gasteiger partial charge in [-0.25, -0.2) is 0 Å². The number of amides is 3. The zero-order valence-electron chi connectivity index (χ0n) is 13.2. The highest BCUT2D eigenvalue weighted by Crippen LogP contribution is 2.05. The van der Waals surface area contributed by atoms with Crippen LogP contribution in [0.15, 0.2) is 24.3 Å². The molecule has 0 unspecified atom stereocenters. The van der Waals surface area contributed by atoms with E-state index in [0.29, 0.717) is 6.42 Å². The average molecular weight is 292 g/mol. The third-order valence-electron chi connectivity index (χ3n) is 2.56. The third-order valence-corrected chi connectivity index (χ3v) is 2.56. The number of benzene rings is 1. The summed E-state index contributed by atoms with van der Waals surface area (Å²) in [5.74, 6) is -0.491. The topological polar surface area (TPSA) is 75.3 Å². The maximum Gasteiger partial charge on any atom is 0.251 e. The van der Waals surface area contributed by atoms with Gasteiger partial charge in [-0.3, -0.25) is 19.7 Å². The molecule has 0 heterocycles. The number of carbonyl (C=O) groups is 3. The van der Waals surface area contributed by atoms with E-state index in [2.05, 4.69) is 10.6 Å². The van der Waals surface area contributed by atoms with Crippen LogP contribution >= 0.6 is 0 Å². The molecule has 21 heavy (non-hydrogen) atoms. The Kier molecular flexibility index (Phi) is 9.50. The quantitative estimate of drug-likeness (QED) is 0.893. The van der Waals surface area contributed by atoms with Crippen molar-refractivity contribution in [2.75, 3.05) is 6.54 Å². The van der Waals surface area contributed by atoms with Gasteiger partial charge in [0.15, 0.2) is 0 Å². The minimum absolute atomic E-state index is 0.0277. The Hall–Kier alpha value is -2.17. The normalized spacial score (nSPS) is 9.14. The summed E-state index contributed by atoms with van der Waals surface area (Å²) in [5, 5.41) is 4.97. The first-order valence-electron chi connectivity index (χ1n) is 7.06. The van der Waals surface area contributed by atoms with E-state index in [9.17, 15) is 14.4 Å². The number of rotatable bonds is 4. The Morgan fingerprint density at radius 2 is 1.71 bits per heavy atom. The largest absolute Gasteiger partial charge is 0.352 e. The molecule has 0 radical (unpaired) electrons. The summed E-state index contributed by atoms with van der Waals surface area (Å²) < 4.78 is 0. The molecule has 0 spiro atoms. The molecular weight excluding hydrogens is 268 g/mol. The van der Waals surface area contributed by atoms with Gasteiger partial charge < -0.3 is 5.32 Å². The molecule has 116 valence electrons. The predicted octanol–water partition coefficient (Wildman–Crippen LogP) is 2.19. The second kappa shape index (κ2) is 10.6. The number of carbonyl (C=O) groups excluding carboxylic acids is 3. The first-order valence-corrected chi connectivity index (χ1v) is 7.06. The van der Waals surface area contributed by atoms with Crippen molar-refractivity contribution in [1.82, 2.24) is 10.6 Å². The Balaban J connectivity index is 0.000000433. The fraction of sp³-hybridized carbons (Fsp3) is 0.438. The number of nitrogens with one attached hydrogen (secondary N) is 2. The average Bonchev–Trinajstić information content (AvgIpc) is 2.45. The van der Waals surface area contributed by atoms with Gasteiger partial charge in [-0.1, -0.05) is 32.0 Å². The van der Waals surface area contributed by atoms with Crippen LogP contribution in [-0.2, 0) is 9.59 Å². The Labute approximate surface area is 126 Å². The van der Waals surface area contributed by atoms with Crippen molar-refractivity contribution in [3.05, 3.63) is 35.4 Å². The molecule has 0 aliphatic carbocycles. The van der Waals surface area contributed by atoms with E-state index in [1.807, 2.05) is 38.1 Å². The number of hydrogen-bond acceptors (Lipinski definition) is 3. The highest BCUT2D eigenvalue weighted by molar-refractivity contribution is 5.95. The van der Waals surface area contributed by atoms with Crippen molar-refractivity contribution >= 4 is 17.7 Å². The van der Waals surface area contributed by atoms with Gasteiger partial charge >= 0.3 is 0 Å². The molecule has 2 N–H and O–H groups in total. The van der Waals surface area contributed by atoms with Crippen molar-refractivity contribution < 1.29 is 14.4 Å². The molecule has 0 saturated heterocycles. The molecular formula is C16H24N2O3. The third kappa shape index (κ3) is 8.57. The van der Waals surface area contributed by atoms with Gasteiger partial charge in [0.2, 0.25) is 11.8 Å². The minimum atomic E-state index is -0.295. The van der Waals surface area contributed by atoms with Crippen LogP contribution in [0.25, 0.3) is 0 Å². The second-order valence-corrected chi connectivity index (χ2v) is 4.53. The fourth-order valence-corrected chi connectivity index (χ4v) is 1.45. The molecule has 0 aliphatic rings. The SMILES string of the molecule is CCC(=O)NC(C)=O.CCCNC(=O)c1ccccc1C. The van der Waals surface area contributed by atoms with Gasteiger partial charge in [-0.05, 0) is 25.0 Å². The predicted molar refractivity (Wildman–Crippen MR) is 82.9 cm³/mol. The summed E-state index contributed by atoms with van der Waals surface area (Å²) in [7, 11) is 0. The summed E-state index contributed by atoms with van der Waals surface area (Å²) >= 11 is 0. The summed E-state index contributed by atoms with van der Waals surface area (Å²) in [6.45, 7) is 7.73. The smallest absolute Gasteiger partial charge is 0.251 e. The molecule has 1 rings (SSSR count). The highest BCUT2D eigenvalue weighted by atomic mass is 16.2. The van der Waals surface area contributed by atoms with Crippen LogP contribution in [-0.4, -0.2) is 24.3 Å². The van der Waals surface area contributed by atoms with Crippen LogP contribution in [0.5, 0.6) is 0 Å². The van der Waals surface area contributed by atoms with Crippen molar-refractivity contribution in [3.8, 4) is 0 Å². The Bertz CT molecular complexity index is 484. The van der Waals surface area contributed by atoms with E-state index in [1.165, 1.54) is 6.92 Å². The number of aryl methyl sites for hydroxylation is 1. The van der Waals surface area contributed by atoms with E-state index in [4.69, 9.17) is 0 Å². The molecule has 1 aromatic carbocycles. The van der Waals surface area contributed by atoms with Crippen LogP contribution in [0.1, 0.15) is 49.5 Å². The van der Waals surface area contributed by atoms with Gasteiger partial charge in [-0.15, -0.1) is 0 Å². The maximum absolute atomic E-state index is 11.5. The van der Waals surface area contributed by atoms with Gasteiger partial charge in [-0.2, -0.15) is 0 Å². The standard InChI is InChI=1S/C11H15NO.C5H9NO2/c1-3-8-12-11(13)10-7-5-4-6-9(10)2;1-3-5(8)6-4(2)7/h4-7H,3,8H2,1-2H3,(H,12,13);3H2,1-2H3,(H,6,7,8). The van der Waals surface area contributed by atoms with Crippen molar-refractivity contribution in [1.29, 1.82) is 0 Å².